The van der Waals surface area contributed by atoms with E-state index in [1.165, 1.54) is 12.4 Å². The first-order chi connectivity index (χ1) is 17.0. The molecule has 10 heteroatoms. The van der Waals surface area contributed by atoms with Gasteiger partial charge in [-0.05, 0) is 54.1 Å². The molecule has 1 atom stereocenters. The third-order valence-corrected chi connectivity index (χ3v) is 6.34. The average molecular weight is 490 g/mol. The van der Waals surface area contributed by atoms with Gasteiger partial charge in [-0.3, -0.25) is 14.9 Å². The molecule has 1 unspecified atom stereocenters. The molecule has 0 fully saturated rings. The molecule has 4 aromatic rings. The Hall–Kier alpha value is -4.18. The molecule has 0 spiro atoms. The number of hydrogen-bond donors (Lipinski definition) is 1. The maximum atomic E-state index is 13.2. The van der Waals surface area contributed by atoms with Crippen molar-refractivity contribution < 1.29 is 14.5 Å². The molecule has 178 valence electrons. The van der Waals surface area contributed by atoms with Gasteiger partial charge < -0.3 is 14.6 Å². The minimum atomic E-state index is -0.503. The predicted octanol–water partition coefficient (Wildman–Crippen LogP) is 4.79. The summed E-state index contributed by atoms with van der Waals surface area (Å²) in [6, 6.07) is 21.0. The van der Waals surface area contributed by atoms with Gasteiger partial charge in [0.2, 0.25) is 0 Å². The number of nitro benzene ring substituents is 1. The van der Waals surface area contributed by atoms with Crippen molar-refractivity contribution in [3.63, 3.8) is 0 Å². The largest absolute Gasteiger partial charge is 0.494 e. The van der Waals surface area contributed by atoms with E-state index in [1.807, 2.05) is 61.5 Å². The van der Waals surface area contributed by atoms with Gasteiger partial charge in [0.25, 0.3) is 11.6 Å². The van der Waals surface area contributed by atoms with E-state index >= 15 is 0 Å². The molecule has 9 nitrogen and oxygen atoms in total. The van der Waals surface area contributed by atoms with Crippen molar-refractivity contribution in [3.05, 3.63) is 106 Å². The number of nitro groups is 1. The average Bonchev–Trinajstić information content (AvgIpc) is 3.28. The zero-order valence-electron chi connectivity index (χ0n) is 19.1. The van der Waals surface area contributed by atoms with E-state index in [0.29, 0.717) is 16.7 Å². The highest BCUT2D eigenvalue weighted by atomic mass is 32.2. The van der Waals surface area contributed by atoms with Crippen LogP contribution in [0.3, 0.4) is 0 Å². The molecule has 0 saturated carbocycles. The summed E-state index contributed by atoms with van der Waals surface area (Å²) in [5.41, 5.74) is 1.75. The normalized spacial score (nSPS) is 11.6. The molecule has 1 N–H and O–H groups in total. The number of rotatable bonds is 9. The van der Waals surface area contributed by atoms with E-state index in [2.05, 4.69) is 15.5 Å². The Balaban J connectivity index is 1.62. The quantitative estimate of drug-likeness (QED) is 0.266. The Morgan fingerprint density at radius 3 is 2.46 bits per heavy atom. The summed E-state index contributed by atoms with van der Waals surface area (Å²) in [7, 11) is 1.75. The number of ether oxygens (including phenoxy) is 1. The number of aryl methyl sites for hydroxylation is 1. The highest BCUT2D eigenvalue weighted by Crippen LogP contribution is 2.34. The second-order valence-electron chi connectivity index (χ2n) is 7.59. The number of hydrogen-bond acceptors (Lipinski definition) is 7. The molecule has 4 rings (SSSR count). The molecular weight excluding hydrogens is 466 g/mol. The second kappa shape index (κ2) is 10.8. The Labute approximate surface area is 206 Å². The standard InChI is InChI=1S/C25H23N5O4S/c1-3-34-20-12-9-18(10-13-20)23(17-7-5-4-6-8-17)27-24(31)19-11-14-22(21(15-19)30(32)33)35-25-28-26-16-29(25)2/h4-16,23H,3H2,1-2H3,(H,27,31). The van der Waals surface area contributed by atoms with Crippen LogP contribution < -0.4 is 10.1 Å². The second-order valence-corrected chi connectivity index (χ2v) is 8.59. The third kappa shape index (κ3) is 5.67. The molecule has 0 aliphatic heterocycles. The Morgan fingerprint density at radius 1 is 1.11 bits per heavy atom. The summed E-state index contributed by atoms with van der Waals surface area (Å²) in [6.45, 7) is 2.47. The van der Waals surface area contributed by atoms with Crippen LogP contribution in [0.5, 0.6) is 5.75 Å². The van der Waals surface area contributed by atoms with Gasteiger partial charge in [0, 0.05) is 18.7 Å². The SMILES string of the molecule is CCOc1ccc(C(NC(=O)c2ccc(Sc3nncn3C)c([N+](=O)[O-])c2)c2ccccc2)cc1. The number of amides is 1. The van der Waals surface area contributed by atoms with E-state index < -0.39 is 16.9 Å². The van der Waals surface area contributed by atoms with Gasteiger partial charge >= 0.3 is 0 Å². The molecule has 3 aromatic carbocycles. The van der Waals surface area contributed by atoms with Crippen molar-refractivity contribution in [2.24, 2.45) is 7.05 Å². The minimum Gasteiger partial charge on any atom is -0.494 e. The van der Waals surface area contributed by atoms with Crippen molar-refractivity contribution in [2.45, 2.75) is 23.0 Å². The van der Waals surface area contributed by atoms with Gasteiger partial charge in [0.05, 0.1) is 22.5 Å². The van der Waals surface area contributed by atoms with Crippen molar-refractivity contribution in [2.75, 3.05) is 6.61 Å². The monoisotopic (exact) mass is 489 g/mol. The zero-order valence-corrected chi connectivity index (χ0v) is 19.9. The van der Waals surface area contributed by atoms with E-state index in [-0.39, 0.29) is 11.3 Å². The number of aromatic nitrogens is 3. The molecule has 0 aliphatic rings. The molecule has 0 aliphatic carbocycles. The summed E-state index contributed by atoms with van der Waals surface area (Å²) in [6.07, 6.45) is 1.51. The van der Waals surface area contributed by atoms with Gasteiger partial charge in [0.15, 0.2) is 5.16 Å². The van der Waals surface area contributed by atoms with E-state index in [4.69, 9.17) is 4.74 Å². The topological polar surface area (TPSA) is 112 Å². The highest BCUT2D eigenvalue weighted by Gasteiger charge is 2.23. The van der Waals surface area contributed by atoms with Gasteiger partial charge in [-0.15, -0.1) is 10.2 Å². The first-order valence-corrected chi connectivity index (χ1v) is 11.7. The number of carbonyl (C=O) groups excluding carboxylic acids is 1. The molecule has 0 saturated heterocycles. The van der Waals surface area contributed by atoms with E-state index in [1.54, 1.807) is 23.7 Å². The fourth-order valence-corrected chi connectivity index (χ4v) is 4.34. The lowest BCUT2D eigenvalue weighted by molar-refractivity contribution is -0.387. The van der Waals surface area contributed by atoms with Crippen molar-refractivity contribution in [1.29, 1.82) is 0 Å². The van der Waals surface area contributed by atoms with Gasteiger partial charge in [0.1, 0.15) is 12.1 Å². The smallest absolute Gasteiger partial charge is 0.284 e. The first-order valence-electron chi connectivity index (χ1n) is 10.8. The molecule has 1 heterocycles. The Kier molecular flexibility index (Phi) is 7.41. The molecular formula is C25H23N5O4S. The molecule has 35 heavy (non-hydrogen) atoms. The number of benzene rings is 3. The fraction of sp³-hybridized carbons (Fsp3) is 0.160. The fourth-order valence-electron chi connectivity index (χ4n) is 3.49. The van der Waals surface area contributed by atoms with Crippen molar-refractivity contribution in [3.8, 4) is 5.75 Å². The summed E-state index contributed by atoms with van der Waals surface area (Å²) < 4.78 is 7.19. The van der Waals surface area contributed by atoms with E-state index in [0.717, 1.165) is 28.6 Å². The lowest BCUT2D eigenvalue weighted by Gasteiger charge is -2.20. The van der Waals surface area contributed by atoms with Crippen LogP contribution in [0.15, 0.2) is 89.2 Å². The van der Waals surface area contributed by atoms with Crippen LogP contribution in [0.2, 0.25) is 0 Å². The molecule has 1 aromatic heterocycles. The first kappa shape index (κ1) is 24.0. The highest BCUT2D eigenvalue weighted by molar-refractivity contribution is 7.99. The number of carbonyl (C=O) groups is 1. The van der Waals surface area contributed by atoms with Crippen LogP contribution in [0.4, 0.5) is 5.69 Å². The molecule has 1 amide bonds. The lowest BCUT2D eigenvalue weighted by Crippen LogP contribution is -2.29. The maximum absolute atomic E-state index is 13.2. The molecule has 0 bridgehead atoms. The third-order valence-electron chi connectivity index (χ3n) is 5.22. The van der Waals surface area contributed by atoms with Gasteiger partial charge in [-0.2, -0.15) is 0 Å². The lowest BCUT2D eigenvalue weighted by atomic mass is 9.98. The van der Waals surface area contributed by atoms with Crippen LogP contribution in [0, 0.1) is 10.1 Å². The molecule has 0 radical (unpaired) electrons. The Bertz CT molecular complexity index is 1330. The zero-order chi connectivity index (χ0) is 24.8. The van der Waals surface area contributed by atoms with Crippen LogP contribution in [-0.2, 0) is 7.05 Å². The summed E-state index contributed by atoms with van der Waals surface area (Å²) >= 11 is 1.11. The summed E-state index contributed by atoms with van der Waals surface area (Å²) in [5.74, 6) is 0.312. The van der Waals surface area contributed by atoms with Crippen LogP contribution in [0.1, 0.15) is 34.5 Å². The number of nitrogens with one attached hydrogen (secondary N) is 1. The summed E-state index contributed by atoms with van der Waals surface area (Å²) in [5, 5.41) is 23.0. The summed E-state index contributed by atoms with van der Waals surface area (Å²) in [4.78, 5) is 24.9. The predicted molar refractivity (Wildman–Crippen MR) is 132 cm³/mol. The van der Waals surface area contributed by atoms with Crippen molar-refractivity contribution in [1.82, 2.24) is 20.1 Å². The van der Waals surface area contributed by atoms with Crippen LogP contribution in [0.25, 0.3) is 0 Å². The Morgan fingerprint density at radius 2 is 1.83 bits per heavy atom. The number of nitrogens with zero attached hydrogens (tertiary/aromatic N) is 4. The minimum absolute atomic E-state index is 0.178. The van der Waals surface area contributed by atoms with E-state index in [9.17, 15) is 14.9 Å². The van der Waals surface area contributed by atoms with Crippen LogP contribution >= 0.6 is 11.8 Å². The van der Waals surface area contributed by atoms with Gasteiger partial charge in [-0.25, -0.2) is 0 Å². The van der Waals surface area contributed by atoms with Crippen molar-refractivity contribution >= 4 is 23.4 Å². The van der Waals surface area contributed by atoms with Gasteiger partial charge in [-0.1, -0.05) is 42.5 Å². The maximum Gasteiger partial charge on any atom is 0.284 e. The van der Waals surface area contributed by atoms with Crippen LogP contribution in [-0.4, -0.2) is 32.2 Å².